The third-order valence-electron chi connectivity index (χ3n) is 2.55. The molecule has 0 saturated heterocycles. The highest BCUT2D eigenvalue weighted by Crippen LogP contribution is 2.25. The van der Waals surface area contributed by atoms with Gasteiger partial charge in [0.1, 0.15) is 12.0 Å². The molecule has 102 valence electrons. The van der Waals surface area contributed by atoms with Crippen molar-refractivity contribution in [1.29, 1.82) is 0 Å². The van der Waals surface area contributed by atoms with Gasteiger partial charge < -0.3 is 5.32 Å². The normalized spacial score (nSPS) is 12.7. The van der Waals surface area contributed by atoms with Crippen LogP contribution in [0.15, 0.2) is 12.5 Å². The summed E-state index contributed by atoms with van der Waals surface area (Å²) < 4.78 is 28.3. The molecule has 0 radical (unpaired) electrons. The summed E-state index contributed by atoms with van der Waals surface area (Å²) in [4.78, 5) is 14.4. The van der Waals surface area contributed by atoms with Gasteiger partial charge in [-0.25, -0.2) is 18.4 Å². The molecule has 2 aromatic heterocycles. The van der Waals surface area contributed by atoms with Crippen molar-refractivity contribution in [1.82, 2.24) is 29.9 Å². The van der Waals surface area contributed by atoms with Crippen LogP contribution in [0.5, 0.6) is 0 Å². The number of alkyl halides is 2. The molecule has 2 rings (SSSR count). The number of hydrogen-bond donors (Lipinski definition) is 1. The number of aryl methyl sites for hydroxylation is 1. The zero-order valence-electron chi connectivity index (χ0n) is 10.3. The quantitative estimate of drug-likeness (QED) is 0.813. The molecule has 7 nitrogen and oxygen atoms in total. The van der Waals surface area contributed by atoms with Crippen LogP contribution in [0.1, 0.15) is 30.9 Å². The van der Waals surface area contributed by atoms with E-state index in [2.05, 4.69) is 20.5 Å². The highest BCUT2D eigenvalue weighted by Gasteiger charge is 2.23. The van der Waals surface area contributed by atoms with E-state index < -0.39 is 12.5 Å². The van der Waals surface area contributed by atoms with Crippen LogP contribution < -0.4 is 5.32 Å². The number of rotatable bonds is 5. The Morgan fingerprint density at radius 1 is 1.47 bits per heavy atom. The maximum atomic E-state index is 12.9. The number of nitrogens with one attached hydrogen (secondary N) is 1. The molecule has 9 heteroatoms. The van der Waals surface area contributed by atoms with Crippen molar-refractivity contribution in [2.45, 2.75) is 19.4 Å². The minimum atomic E-state index is -2.72. The summed E-state index contributed by atoms with van der Waals surface area (Å²) in [6.07, 6.45) is 0.456. The first kappa shape index (κ1) is 13.1. The van der Waals surface area contributed by atoms with Gasteiger partial charge in [-0.2, -0.15) is 10.2 Å². The molecule has 0 aliphatic carbocycles. The van der Waals surface area contributed by atoms with Gasteiger partial charge in [0.25, 0.3) is 6.43 Å². The lowest BCUT2D eigenvalue weighted by atomic mass is 10.3. The van der Waals surface area contributed by atoms with Crippen LogP contribution in [-0.4, -0.2) is 31.0 Å². The predicted molar refractivity (Wildman–Crippen MR) is 60.7 cm³/mol. The van der Waals surface area contributed by atoms with Gasteiger partial charge in [0, 0.05) is 7.05 Å². The molecule has 1 amide bonds. The van der Waals surface area contributed by atoms with E-state index in [9.17, 15) is 13.6 Å². The van der Waals surface area contributed by atoms with Gasteiger partial charge in [0.15, 0.2) is 11.5 Å². The largest absolute Gasteiger partial charge is 0.349 e. The Balaban J connectivity index is 2.48. The van der Waals surface area contributed by atoms with E-state index in [1.54, 1.807) is 14.0 Å². The van der Waals surface area contributed by atoms with Crippen LogP contribution in [0, 0.1) is 0 Å². The summed E-state index contributed by atoms with van der Waals surface area (Å²) in [6, 6.07) is -0.453. The van der Waals surface area contributed by atoms with Crippen LogP contribution in [0.3, 0.4) is 0 Å². The smallest absolute Gasteiger partial charge is 0.284 e. The van der Waals surface area contributed by atoms with E-state index >= 15 is 0 Å². The predicted octanol–water partition coefficient (Wildman–Crippen LogP) is 0.745. The summed E-state index contributed by atoms with van der Waals surface area (Å²) in [6.45, 7) is 1.67. The van der Waals surface area contributed by atoms with Gasteiger partial charge in [-0.05, 0) is 6.92 Å². The van der Waals surface area contributed by atoms with Crippen molar-refractivity contribution >= 4 is 6.41 Å². The van der Waals surface area contributed by atoms with Crippen LogP contribution in [0.4, 0.5) is 8.78 Å². The van der Waals surface area contributed by atoms with E-state index in [0.29, 0.717) is 12.2 Å². The Bertz CT molecular complexity index is 578. The first-order valence-corrected chi connectivity index (χ1v) is 5.46. The number of halogens is 2. The molecular formula is C10H12F2N6O. The van der Waals surface area contributed by atoms with E-state index in [-0.39, 0.29) is 11.4 Å². The Morgan fingerprint density at radius 2 is 2.21 bits per heavy atom. The van der Waals surface area contributed by atoms with Crippen LogP contribution in [0.25, 0.3) is 5.69 Å². The summed E-state index contributed by atoms with van der Waals surface area (Å²) >= 11 is 0. The monoisotopic (exact) mass is 270 g/mol. The van der Waals surface area contributed by atoms with Crippen LogP contribution in [0.2, 0.25) is 0 Å². The molecule has 0 aliphatic rings. The minimum Gasteiger partial charge on any atom is -0.349 e. The number of aromatic nitrogens is 5. The van der Waals surface area contributed by atoms with E-state index in [0.717, 1.165) is 0 Å². The number of amides is 1. The van der Waals surface area contributed by atoms with E-state index in [1.165, 1.54) is 21.9 Å². The van der Waals surface area contributed by atoms with Crippen LogP contribution >= 0.6 is 0 Å². The molecule has 19 heavy (non-hydrogen) atoms. The standard InChI is InChI=1S/C10H12F2N6O/c1-6(14-5-19)10-13-4-15-18(10)7-3-17(2)16-8(7)9(11)12/h3-6,9H,1-2H3,(H,14,19). The molecule has 0 saturated carbocycles. The van der Waals surface area contributed by atoms with Crippen molar-refractivity contribution in [3.63, 3.8) is 0 Å². The summed E-state index contributed by atoms with van der Waals surface area (Å²) in [5.41, 5.74) is -0.239. The lowest BCUT2D eigenvalue weighted by molar-refractivity contribution is -0.110. The number of hydrogen-bond acceptors (Lipinski definition) is 4. The molecule has 2 aromatic rings. The van der Waals surface area contributed by atoms with Gasteiger partial charge in [0.05, 0.1) is 12.2 Å². The van der Waals surface area contributed by atoms with Gasteiger partial charge >= 0.3 is 0 Å². The number of carbonyl (C=O) groups excluding carboxylic acids is 1. The molecule has 0 fully saturated rings. The molecular weight excluding hydrogens is 258 g/mol. The second kappa shape index (κ2) is 5.12. The molecule has 1 N–H and O–H groups in total. The molecule has 1 unspecified atom stereocenters. The van der Waals surface area contributed by atoms with Crippen molar-refractivity contribution in [2.24, 2.45) is 7.05 Å². The summed E-state index contributed by atoms with van der Waals surface area (Å²) in [5.74, 6) is 0.349. The fourth-order valence-electron chi connectivity index (χ4n) is 1.72. The maximum absolute atomic E-state index is 12.9. The first-order valence-electron chi connectivity index (χ1n) is 5.46. The zero-order valence-corrected chi connectivity index (χ0v) is 10.3. The molecule has 0 aliphatic heterocycles. The molecule has 0 spiro atoms. The zero-order chi connectivity index (χ0) is 14.0. The Labute approximate surface area is 107 Å². The third-order valence-corrected chi connectivity index (χ3v) is 2.55. The van der Waals surface area contributed by atoms with Gasteiger partial charge in [-0.3, -0.25) is 9.48 Å². The third kappa shape index (κ3) is 2.44. The topological polar surface area (TPSA) is 77.6 Å². The van der Waals surface area contributed by atoms with Gasteiger partial charge in [-0.15, -0.1) is 0 Å². The minimum absolute atomic E-state index is 0.143. The Morgan fingerprint density at radius 3 is 2.84 bits per heavy atom. The number of nitrogens with zero attached hydrogens (tertiary/aromatic N) is 5. The van der Waals surface area contributed by atoms with E-state index in [1.807, 2.05) is 0 Å². The van der Waals surface area contributed by atoms with Gasteiger partial charge in [0.2, 0.25) is 6.41 Å². The van der Waals surface area contributed by atoms with Crippen molar-refractivity contribution in [3.05, 3.63) is 24.0 Å². The van der Waals surface area contributed by atoms with Crippen molar-refractivity contribution < 1.29 is 13.6 Å². The average Bonchev–Trinajstić information content (AvgIpc) is 2.94. The fourth-order valence-corrected chi connectivity index (χ4v) is 1.72. The van der Waals surface area contributed by atoms with E-state index in [4.69, 9.17) is 0 Å². The summed E-state index contributed by atoms with van der Waals surface area (Å²) in [7, 11) is 1.54. The Kier molecular flexibility index (Phi) is 3.54. The maximum Gasteiger partial charge on any atom is 0.284 e. The molecule has 0 aromatic carbocycles. The highest BCUT2D eigenvalue weighted by molar-refractivity contribution is 5.47. The lowest BCUT2D eigenvalue weighted by Gasteiger charge is -2.11. The average molecular weight is 270 g/mol. The SMILES string of the molecule is CC(NC=O)c1ncnn1-c1cn(C)nc1C(F)F. The number of carbonyl (C=O) groups is 1. The summed E-state index contributed by atoms with van der Waals surface area (Å²) in [5, 5.41) is 10.1. The molecule has 0 bridgehead atoms. The Hall–Kier alpha value is -2.32. The fraction of sp³-hybridized carbons (Fsp3) is 0.400. The van der Waals surface area contributed by atoms with Crippen molar-refractivity contribution in [3.8, 4) is 5.69 Å². The second-order valence-corrected chi connectivity index (χ2v) is 3.91. The van der Waals surface area contributed by atoms with Crippen molar-refractivity contribution in [2.75, 3.05) is 0 Å². The van der Waals surface area contributed by atoms with Crippen LogP contribution in [-0.2, 0) is 11.8 Å². The molecule has 2 heterocycles. The van der Waals surface area contributed by atoms with Gasteiger partial charge in [-0.1, -0.05) is 0 Å². The second-order valence-electron chi connectivity index (χ2n) is 3.91. The highest BCUT2D eigenvalue weighted by atomic mass is 19.3. The lowest BCUT2D eigenvalue weighted by Crippen LogP contribution is -2.20. The first-order chi connectivity index (χ1) is 9.04. The molecule has 1 atom stereocenters.